The van der Waals surface area contributed by atoms with Gasteiger partial charge in [0, 0.05) is 0 Å². The number of amides is 1. The zero-order valence-electron chi connectivity index (χ0n) is 13.9. The van der Waals surface area contributed by atoms with Crippen LogP contribution < -0.4 is 10.1 Å². The van der Waals surface area contributed by atoms with Crippen LogP contribution in [0.2, 0.25) is 5.02 Å². The topological polar surface area (TPSA) is 64.6 Å². The van der Waals surface area contributed by atoms with Crippen molar-refractivity contribution in [3.05, 3.63) is 64.2 Å². The van der Waals surface area contributed by atoms with E-state index in [0.717, 1.165) is 5.56 Å². The molecule has 138 valence electrons. The molecule has 0 radical (unpaired) electrons. The number of carbonyl (C=O) groups is 2. The predicted octanol–water partition coefficient (Wildman–Crippen LogP) is 3.28. The maximum absolute atomic E-state index is 13.2. The number of rotatable bonds is 7. The molecule has 0 unspecified atom stereocenters. The van der Waals surface area contributed by atoms with E-state index >= 15 is 0 Å². The molecule has 2 aromatic rings. The molecule has 5 nitrogen and oxygen atoms in total. The molecule has 0 spiro atoms. The molecule has 0 fully saturated rings. The van der Waals surface area contributed by atoms with Crippen LogP contribution in [0.25, 0.3) is 0 Å². The fraction of sp³-hybridized carbons (Fsp3) is 0.222. The van der Waals surface area contributed by atoms with Crippen LogP contribution in [0.4, 0.5) is 8.78 Å². The zero-order chi connectivity index (χ0) is 19.1. The summed E-state index contributed by atoms with van der Waals surface area (Å²) in [4.78, 5) is 23.4. The molecule has 0 saturated heterocycles. The standard InChI is InChI=1S/C18H16ClF2NO4/c1-11-3-2-4-12(7-11)25-6-5-22-17(23)10-26-18(24)13-8-15(20)16(21)9-14(13)19/h2-4,7-9H,5-6,10H2,1H3,(H,22,23). The number of aryl methyl sites for hydroxylation is 1. The van der Waals surface area contributed by atoms with Gasteiger partial charge in [0.05, 0.1) is 17.1 Å². The van der Waals surface area contributed by atoms with Crippen LogP contribution in [0.1, 0.15) is 15.9 Å². The molecule has 0 aliphatic carbocycles. The van der Waals surface area contributed by atoms with Crippen molar-refractivity contribution in [3.63, 3.8) is 0 Å². The van der Waals surface area contributed by atoms with Gasteiger partial charge in [0.25, 0.3) is 5.91 Å². The van der Waals surface area contributed by atoms with Crippen LogP contribution in [0, 0.1) is 18.6 Å². The number of hydrogen-bond acceptors (Lipinski definition) is 4. The maximum Gasteiger partial charge on any atom is 0.340 e. The quantitative estimate of drug-likeness (QED) is 0.453. The van der Waals surface area contributed by atoms with Crippen LogP contribution in [0.15, 0.2) is 36.4 Å². The minimum atomic E-state index is -1.24. The first-order valence-electron chi connectivity index (χ1n) is 7.64. The first kappa shape index (κ1) is 19.7. The molecule has 0 aliphatic heterocycles. The molecule has 1 amide bonds. The number of benzene rings is 2. The zero-order valence-corrected chi connectivity index (χ0v) is 14.6. The van der Waals surface area contributed by atoms with Gasteiger partial charge in [0.15, 0.2) is 18.2 Å². The summed E-state index contributed by atoms with van der Waals surface area (Å²) in [5.41, 5.74) is 0.690. The highest BCUT2D eigenvalue weighted by Gasteiger charge is 2.17. The van der Waals surface area contributed by atoms with Gasteiger partial charge in [-0.3, -0.25) is 4.79 Å². The lowest BCUT2D eigenvalue weighted by Crippen LogP contribution is -2.32. The lowest BCUT2D eigenvalue weighted by atomic mass is 10.2. The number of carbonyl (C=O) groups excluding carboxylic acids is 2. The van der Waals surface area contributed by atoms with Crippen LogP contribution in [0.3, 0.4) is 0 Å². The van der Waals surface area contributed by atoms with E-state index in [1.807, 2.05) is 25.1 Å². The second kappa shape index (κ2) is 9.15. The van der Waals surface area contributed by atoms with Crippen LogP contribution in [-0.4, -0.2) is 31.6 Å². The van der Waals surface area contributed by atoms with Gasteiger partial charge in [0.1, 0.15) is 12.4 Å². The average molecular weight is 384 g/mol. The van der Waals surface area contributed by atoms with E-state index in [9.17, 15) is 18.4 Å². The van der Waals surface area contributed by atoms with Crippen molar-refractivity contribution in [2.24, 2.45) is 0 Å². The largest absolute Gasteiger partial charge is 0.492 e. The fourth-order valence-corrected chi connectivity index (χ4v) is 2.23. The SMILES string of the molecule is Cc1cccc(OCCNC(=O)COC(=O)c2cc(F)c(F)cc2Cl)c1. The van der Waals surface area contributed by atoms with Crippen molar-refractivity contribution in [2.45, 2.75) is 6.92 Å². The van der Waals surface area contributed by atoms with E-state index in [2.05, 4.69) is 5.32 Å². The maximum atomic E-state index is 13.2. The van der Waals surface area contributed by atoms with Gasteiger partial charge in [0.2, 0.25) is 0 Å². The normalized spacial score (nSPS) is 10.3. The number of nitrogens with one attached hydrogen (secondary N) is 1. The molecule has 2 aromatic carbocycles. The van der Waals surface area contributed by atoms with Gasteiger partial charge in [-0.05, 0) is 36.8 Å². The van der Waals surface area contributed by atoms with E-state index in [0.29, 0.717) is 17.9 Å². The molecular formula is C18H16ClF2NO4. The number of halogens is 3. The monoisotopic (exact) mass is 383 g/mol. The van der Waals surface area contributed by atoms with Crippen molar-refractivity contribution in [3.8, 4) is 5.75 Å². The minimum absolute atomic E-state index is 0.205. The lowest BCUT2D eigenvalue weighted by molar-refractivity contribution is -0.124. The molecule has 0 heterocycles. The summed E-state index contributed by atoms with van der Waals surface area (Å²) >= 11 is 5.66. The second-order valence-electron chi connectivity index (χ2n) is 5.34. The Labute approximate surface area is 153 Å². The molecule has 0 saturated carbocycles. The second-order valence-corrected chi connectivity index (χ2v) is 5.74. The Morgan fingerprint density at radius 1 is 1.15 bits per heavy atom. The van der Waals surface area contributed by atoms with Gasteiger partial charge in [-0.25, -0.2) is 13.6 Å². The highest BCUT2D eigenvalue weighted by Crippen LogP contribution is 2.20. The summed E-state index contributed by atoms with van der Waals surface area (Å²) in [5.74, 6) is -3.33. The smallest absolute Gasteiger partial charge is 0.340 e. The summed E-state index contributed by atoms with van der Waals surface area (Å²) in [5, 5.41) is 2.20. The van der Waals surface area contributed by atoms with Crippen LogP contribution in [-0.2, 0) is 9.53 Å². The first-order chi connectivity index (χ1) is 12.4. The van der Waals surface area contributed by atoms with Gasteiger partial charge in [-0.15, -0.1) is 0 Å². The first-order valence-corrected chi connectivity index (χ1v) is 8.02. The van der Waals surface area contributed by atoms with Gasteiger partial charge < -0.3 is 14.8 Å². The van der Waals surface area contributed by atoms with Crippen LogP contribution in [0.5, 0.6) is 5.75 Å². The Morgan fingerprint density at radius 2 is 1.88 bits per heavy atom. The molecule has 0 aliphatic rings. The van der Waals surface area contributed by atoms with E-state index in [1.165, 1.54) is 0 Å². The summed E-state index contributed by atoms with van der Waals surface area (Å²) in [6, 6.07) is 8.72. The van der Waals surface area contributed by atoms with Crippen molar-refractivity contribution >= 4 is 23.5 Å². The molecule has 2 rings (SSSR count). The third-order valence-corrected chi connectivity index (χ3v) is 3.56. The van der Waals surface area contributed by atoms with Crippen molar-refractivity contribution in [1.82, 2.24) is 5.32 Å². The highest BCUT2D eigenvalue weighted by atomic mass is 35.5. The average Bonchev–Trinajstić information content (AvgIpc) is 2.60. The third-order valence-electron chi connectivity index (χ3n) is 3.25. The molecule has 0 atom stereocenters. The number of hydrogen-bond donors (Lipinski definition) is 1. The Hall–Kier alpha value is -2.67. The summed E-state index contributed by atoms with van der Waals surface area (Å²) < 4.78 is 36.3. The number of esters is 1. The molecular weight excluding hydrogens is 368 g/mol. The van der Waals surface area contributed by atoms with Gasteiger partial charge in [-0.1, -0.05) is 23.7 Å². The molecule has 1 N–H and O–H groups in total. The number of ether oxygens (including phenoxy) is 2. The third kappa shape index (κ3) is 5.70. The molecule has 0 aromatic heterocycles. The summed E-state index contributed by atoms with van der Waals surface area (Å²) in [6.45, 7) is 1.79. The Morgan fingerprint density at radius 3 is 2.62 bits per heavy atom. The minimum Gasteiger partial charge on any atom is -0.492 e. The molecule has 0 bridgehead atoms. The highest BCUT2D eigenvalue weighted by molar-refractivity contribution is 6.33. The van der Waals surface area contributed by atoms with E-state index in [1.54, 1.807) is 6.07 Å². The van der Waals surface area contributed by atoms with E-state index in [4.69, 9.17) is 21.1 Å². The Kier molecular flexibility index (Phi) is 6.91. The van der Waals surface area contributed by atoms with E-state index < -0.39 is 30.1 Å². The molecule has 8 heteroatoms. The Balaban J connectivity index is 1.73. The van der Waals surface area contributed by atoms with E-state index in [-0.39, 0.29) is 23.7 Å². The van der Waals surface area contributed by atoms with Gasteiger partial charge >= 0.3 is 5.97 Å². The van der Waals surface area contributed by atoms with Crippen molar-refractivity contribution in [1.29, 1.82) is 0 Å². The summed E-state index contributed by atoms with van der Waals surface area (Å²) in [7, 11) is 0. The predicted molar refractivity (Wildman–Crippen MR) is 91.3 cm³/mol. The van der Waals surface area contributed by atoms with Crippen molar-refractivity contribution in [2.75, 3.05) is 19.8 Å². The fourth-order valence-electron chi connectivity index (χ4n) is 2.00. The lowest BCUT2D eigenvalue weighted by Gasteiger charge is -2.09. The molecule has 26 heavy (non-hydrogen) atoms. The Bertz CT molecular complexity index is 814. The van der Waals surface area contributed by atoms with Crippen molar-refractivity contribution < 1.29 is 27.8 Å². The van der Waals surface area contributed by atoms with Gasteiger partial charge in [-0.2, -0.15) is 0 Å². The summed E-state index contributed by atoms with van der Waals surface area (Å²) in [6.07, 6.45) is 0. The van der Waals surface area contributed by atoms with Crippen LogP contribution >= 0.6 is 11.6 Å².